The lowest BCUT2D eigenvalue weighted by atomic mass is 10.1. The second-order valence-electron chi connectivity index (χ2n) is 5.63. The van der Waals surface area contributed by atoms with Crippen LogP contribution in [0.15, 0.2) is 24.3 Å². The number of nitrogens with zero attached hydrogens (tertiary/aromatic N) is 1. The normalized spacial score (nSPS) is 19.6. The van der Waals surface area contributed by atoms with E-state index in [1.54, 1.807) is 7.11 Å². The molecule has 1 aromatic carbocycles. The molecule has 20 heavy (non-hydrogen) atoms. The predicted octanol–water partition coefficient (Wildman–Crippen LogP) is 2.45. The topological polar surface area (TPSA) is 24.5 Å². The molecular weight excluding hydrogens is 248 g/mol. The highest BCUT2D eigenvalue weighted by Crippen LogP contribution is 2.19. The van der Waals surface area contributed by atoms with Gasteiger partial charge in [-0.3, -0.25) is 4.90 Å². The Kier molecular flexibility index (Phi) is 6.51. The number of likely N-dealkylation sites (tertiary alicyclic amines) is 1. The van der Waals surface area contributed by atoms with Crippen molar-refractivity contribution < 1.29 is 4.74 Å². The molecular formula is C17H28N2O. The van der Waals surface area contributed by atoms with Gasteiger partial charge in [0.25, 0.3) is 0 Å². The first-order chi connectivity index (χ1) is 9.83. The summed E-state index contributed by atoms with van der Waals surface area (Å²) >= 11 is 0. The number of rotatable bonds is 8. The fourth-order valence-corrected chi connectivity index (χ4v) is 2.89. The second kappa shape index (κ2) is 8.40. The first kappa shape index (κ1) is 15.5. The van der Waals surface area contributed by atoms with Gasteiger partial charge in [0.15, 0.2) is 0 Å². The van der Waals surface area contributed by atoms with Gasteiger partial charge in [0.05, 0.1) is 6.61 Å². The first-order valence-electron chi connectivity index (χ1n) is 7.85. The molecule has 1 N–H and O–H groups in total. The van der Waals surface area contributed by atoms with Crippen molar-refractivity contribution in [3.8, 4) is 0 Å². The van der Waals surface area contributed by atoms with Crippen LogP contribution in [0, 0.1) is 0 Å². The summed E-state index contributed by atoms with van der Waals surface area (Å²) in [6.45, 7) is 7.34. The number of nitrogens with one attached hydrogen (secondary N) is 1. The average molecular weight is 276 g/mol. The lowest BCUT2D eigenvalue weighted by Gasteiger charge is -2.25. The molecule has 2 rings (SSSR count). The quantitative estimate of drug-likeness (QED) is 0.738. The van der Waals surface area contributed by atoms with E-state index < -0.39 is 0 Å². The molecule has 1 saturated heterocycles. The Morgan fingerprint density at radius 3 is 2.70 bits per heavy atom. The summed E-state index contributed by atoms with van der Waals surface area (Å²) in [5, 5.41) is 3.50. The molecule has 3 heteroatoms. The number of aryl methyl sites for hydroxylation is 1. The third kappa shape index (κ3) is 4.58. The molecule has 0 saturated carbocycles. The maximum Gasteiger partial charge on any atom is 0.0587 e. The van der Waals surface area contributed by atoms with Crippen molar-refractivity contribution in [1.82, 2.24) is 10.2 Å². The maximum absolute atomic E-state index is 5.07. The van der Waals surface area contributed by atoms with Gasteiger partial charge in [-0.1, -0.05) is 31.2 Å². The number of hydrogen-bond donors (Lipinski definition) is 1. The second-order valence-corrected chi connectivity index (χ2v) is 5.63. The SMILES string of the molecule is CCc1ccc(CN2CCCC2CNCCOC)cc1. The molecule has 0 radical (unpaired) electrons. The molecule has 1 aliphatic rings. The van der Waals surface area contributed by atoms with Crippen LogP contribution in [0.25, 0.3) is 0 Å². The summed E-state index contributed by atoms with van der Waals surface area (Å²) in [6, 6.07) is 9.77. The molecule has 0 amide bonds. The van der Waals surface area contributed by atoms with Crippen LogP contribution >= 0.6 is 0 Å². The van der Waals surface area contributed by atoms with Crippen molar-refractivity contribution >= 4 is 0 Å². The minimum Gasteiger partial charge on any atom is -0.383 e. The van der Waals surface area contributed by atoms with Crippen molar-refractivity contribution in [2.45, 2.75) is 38.8 Å². The molecule has 1 aromatic rings. The van der Waals surface area contributed by atoms with Gasteiger partial charge in [0.1, 0.15) is 0 Å². The number of ether oxygens (including phenoxy) is 1. The van der Waals surface area contributed by atoms with E-state index in [1.807, 2.05) is 0 Å². The maximum atomic E-state index is 5.07. The van der Waals surface area contributed by atoms with Gasteiger partial charge in [-0.2, -0.15) is 0 Å². The fourth-order valence-electron chi connectivity index (χ4n) is 2.89. The summed E-state index contributed by atoms with van der Waals surface area (Å²) < 4.78 is 5.07. The van der Waals surface area contributed by atoms with E-state index in [0.717, 1.165) is 32.7 Å². The monoisotopic (exact) mass is 276 g/mol. The smallest absolute Gasteiger partial charge is 0.0587 e. The summed E-state index contributed by atoms with van der Waals surface area (Å²) in [6.07, 6.45) is 3.76. The summed E-state index contributed by atoms with van der Waals surface area (Å²) in [5.74, 6) is 0. The van der Waals surface area contributed by atoms with E-state index in [0.29, 0.717) is 6.04 Å². The molecule has 0 aliphatic carbocycles. The third-order valence-electron chi connectivity index (χ3n) is 4.18. The molecule has 1 atom stereocenters. The van der Waals surface area contributed by atoms with E-state index in [4.69, 9.17) is 4.74 Å². The van der Waals surface area contributed by atoms with Crippen LogP contribution in [0.5, 0.6) is 0 Å². The Morgan fingerprint density at radius 1 is 1.25 bits per heavy atom. The molecule has 1 fully saturated rings. The van der Waals surface area contributed by atoms with E-state index >= 15 is 0 Å². The van der Waals surface area contributed by atoms with Crippen molar-refractivity contribution in [3.05, 3.63) is 35.4 Å². The van der Waals surface area contributed by atoms with Crippen LogP contribution in [0.3, 0.4) is 0 Å². The van der Waals surface area contributed by atoms with Crippen molar-refractivity contribution in [3.63, 3.8) is 0 Å². The zero-order valence-corrected chi connectivity index (χ0v) is 12.9. The highest BCUT2D eigenvalue weighted by Gasteiger charge is 2.23. The summed E-state index contributed by atoms with van der Waals surface area (Å²) in [7, 11) is 1.75. The molecule has 112 valence electrons. The minimum atomic E-state index is 0.678. The van der Waals surface area contributed by atoms with Crippen LogP contribution in [0.4, 0.5) is 0 Å². The van der Waals surface area contributed by atoms with E-state index in [9.17, 15) is 0 Å². The van der Waals surface area contributed by atoms with Gasteiger partial charge in [-0.25, -0.2) is 0 Å². The largest absolute Gasteiger partial charge is 0.383 e. The number of methoxy groups -OCH3 is 1. The van der Waals surface area contributed by atoms with Crippen molar-refractivity contribution in [2.75, 3.05) is 33.4 Å². The van der Waals surface area contributed by atoms with Gasteiger partial charge in [-0.05, 0) is 36.9 Å². The summed E-state index contributed by atoms with van der Waals surface area (Å²) in [5.41, 5.74) is 2.86. The summed E-state index contributed by atoms with van der Waals surface area (Å²) in [4.78, 5) is 2.61. The van der Waals surface area contributed by atoms with E-state index in [-0.39, 0.29) is 0 Å². The molecule has 0 aromatic heterocycles. The van der Waals surface area contributed by atoms with Gasteiger partial charge < -0.3 is 10.1 Å². The van der Waals surface area contributed by atoms with E-state index in [2.05, 4.69) is 41.4 Å². The highest BCUT2D eigenvalue weighted by atomic mass is 16.5. The molecule has 1 heterocycles. The number of benzene rings is 1. The number of hydrogen-bond acceptors (Lipinski definition) is 3. The van der Waals surface area contributed by atoms with Crippen molar-refractivity contribution in [1.29, 1.82) is 0 Å². The molecule has 1 aliphatic heterocycles. The van der Waals surface area contributed by atoms with E-state index in [1.165, 1.54) is 30.5 Å². The Morgan fingerprint density at radius 2 is 2.00 bits per heavy atom. The van der Waals surface area contributed by atoms with Gasteiger partial charge in [0.2, 0.25) is 0 Å². The lowest BCUT2D eigenvalue weighted by Crippen LogP contribution is -2.38. The highest BCUT2D eigenvalue weighted by molar-refractivity contribution is 5.22. The average Bonchev–Trinajstić information content (AvgIpc) is 2.92. The zero-order valence-electron chi connectivity index (χ0n) is 12.9. The van der Waals surface area contributed by atoms with Crippen LogP contribution in [0.2, 0.25) is 0 Å². The Labute approximate surface area is 123 Å². The lowest BCUT2D eigenvalue weighted by molar-refractivity contribution is 0.191. The molecule has 0 bridgehead atoms. The fraction of sp³-hybridized carbons (Fsp3) is 0.647. The van der Waals surface area contributed by atoms with Gasteiger partial charge in [0, 0.05) is 32.8 Å². The third-order valence-corrected chi connectivity index (χ3v) is 4.18. The van der Waals surface area contributed by atoms with Crippen LogP contribution in [-0.2, 0) is 17.7 Å². The molecule has 1 unspecified atom stereocenters. The Hall–Kier alpha value is -0.900. The van der Waals surface area contributed by atoms with Gasteiger partial charge >= 0.3 is 0 Å². The van der Waals surface area contributed by atoms with Crippen LogP contribution in [-0.4, -0.2) is 44.3 Å². The standard InChI is InChI=1S/C17H28N2O/c1-3-15-6-8-16(9-7-15)14-19-11-4-5-17(19)13-18-10-12-20-2/h6-9,17-18H,3-5,10-14H2,1-2H3. The zero-order chi connectivity index (χ0) is 14.2. The minimum absolute atomic E-state index is 0.678. The predicted molar refractivity (Wildman–Crippen MR) is 84.0 cm³/mol. The molecule has 3 nitrogen and oxygen atoms in total. The molecule has 0 spiro atoms. The van der Waals surface area contributed by atoms with Gasteiger partial charge in [-0.15, -0.1) is 0 Å². The van der Waals surface area contributed by atoms with Crippen LogP contribution in [0.1, 0.15) is 30.9 Å². The Bertz CT molecular complexity index is 377. The van der Waals surface area contributed by atoms with Crippen LogP contribution < -0.4 is 5.32 Å². The Balaban J connectivity index is 1.80. The first-order valence-corrected chi connectivity index (χ1v) is 7.85. The van der Waals surface area contributed by atoms with Crippen molar-refractivity contribution in [2.24, 2.45) is 0 Å².